The molecule has 1 aliphatic heterocycles. The van der Waals surface area contributed by atoms with Crippen molar-refractivity contribution in [1.82, 2.24) is 19.7 Å². The van der Waals surface area contributed by atoms with Crippen LogP contribution in [0.5, 0.6) is 0 Å². The van der Waals surface area contributed by atoms with Crippen LogP contribution in [0.15, 0.2) is 16.7 Å². The number of oxazole rings is 1. The maximum absolute atomic E-state index is 12.5. The highest BCUT2D eigenvalue weighted by molar-refractivity contribution is 6.02. The first-order valence-electron chi connectivity index (χ1n) is 8.45. The fourth-order valence-corrected chi connectivity index (χ4v) is 2.97. The Hall–Kier alpha value is -2.15. The summed E-state index contributed by atoms with van der Waals surface area (Å²) >= 11 is 0. The van der Waals surface area contributed by atoms with Crippen LogP contribution in [0, 0.1) is 6.92 Å². The predicted octanol–water partition coefficient (Wildman–Crippen LogP) is 2.82. The summed E-state index contributed by atoms with van der Waals surface area (Å²) in [4.78, 5) is 19.0. The third kappa shape index (κ3) is 3.51. The standard InChI is InChI=1S/C17H25N5O2/c1-11(2)17-18-14(10-24-17)16(23)19-15-9-12(3)20-22(15)13-5-7-21(4)8-6-13/h9-11,13H,5-8H2,1-4H3,(H,19,23). The van der Waals surface area contributed by atoms with Crippen molar-refractivity contribution in [2.45, 2.75) is 45.6 Å². The Labute approximate surface area is 142 Å². The Morgan fingerprint density at radius 1 is 1.38 bits per heavy atom. The Kier molecular flexibility index (Phi) is 4.71. The summed E-state index contributed by atoms with van der Waals surface area (Å²) in [5, 5.41) is 7.51. The Morgan fingerprint density at radius 2 is 2.08 bits per heavy atom. The minimum atomic E-state index is -0.264. The number of nitrogens with one attached hydrogen (secondary N) is 1. The van der Waals surface area contributed by atoms with Crippen molar-refractivity contribution in [3.05, 3.63) is 29.6 Å². The molecule has 3 rings (SSSR count). The van der Waals surface area contributed by atoms with Crippen LogP contribution in [0.4, 0.5) is 5.82 Å². The van der Waals surface area contributed by atoms with Crippen LogP contribution in [0.25, 0.3) is 0 Å². The molecule has 0 saturated carbocycles. The molecule has 7 heteroatoms. The SMILES string of the molecule is Cc1cc(NC(=O)c2coc(C(C)C)n2)n(C2CCN(C)CC2)n1. The molecule has 0 aliphatic carbocycles. The van der Waals surface area contributed by atoms with Gasteiger partial charge in [0.1, 0.15) is 12.1 Å². The summed E-state index contributed by atoms with van der Waals surface area (Å²) in [6, 6.07) is 2.22. The molecule has 24 heavy (non-hydrogen) atoms. The lowest BCUT2D eigenvalue weighted by atomic mass is 10.1. The Balaban J connectivity index is 1.76. The molecule has 1 aliphatic rings. The van der Waals surface area contributed by atoms with Gasteiger partial charge >= 0.3 is 0 Å². The highest BCUT2D eigenvalue weighted by Gasteiger charge is 2.23. The van der Waals surface area contributed by atoms with Crippen molar-refractivity contribution in [2.75, 3.05) is 25.5 Å². The molecular formula is C17H25N5O2. The lowest BCUT2D eigenvalue weighted by Gasteiger charge is -2.29. The third-order valence-electron chi connectivity index (χ3n) is 4.38. The number of aryl methyl sites for hydroxylation is 1. The smallest absolute Gasteiger partial charge is 0.278 e. The van der Waals surface area contributed by atoms with Gasteiger partial charge in [-0.15, -0.1) is 0 Å². The quantitative estimate of drug-likeness (QED) is 0.932. The topological polar surface area (TPSA) is 76.2 Å². The monoisotopic (exact) mass is 331 g/mol. The number of rotatable bonds is 4. The summed E-state index contributed by atoms with van der Waals surface area (Å²) in [5.74, 6) is 1.18. The molecule has 3 heterocycles. The lowest BCUT2D eigenvalue weighted by molar-refractivity contribution is 0.102. The zero-order valence-electron chi connectivity index (χ0n) is 14.7. The number of nitrogens with zero attached hydrogens (tertiary/aromatic N) is 4. The molecule has 0 bridgehead atoms. The second kappa shape index (κ2) is 6.76. The van der Waals surface area contributed by atoms with E-state index >= 15 is 0 Å². The minimum Gasteiger partial charge on any atom is -0.448 e. The van der Waals surface area contributed by atoms with Gasteiger partial charge in [-0.3, -0.25) is 4.79 Å². The highest BCUT2D eigenvalue weighted by atomic mass is 16.3. The number of hydrogen-bond acceptors (Lipinski definition) is 5. The molecule has 1 amide bonds. The largest absolute Gasteiger partial charge is 0.448 e. The second-order valence-corrected chi connectivity index (χ2v) is 6.83. The average molecular weight is 331 g/mol. The van der Waals surface area contributed by atoms with Gasteiger partial charge in [-0.05, 0) is 39.9 Å². The van der Waals surface area contributed by atoms with Gasteiger partial charge in [0.25, 0.3) is 5.91 Å². The molecule has 0 atom stereocenters. The van der Waals surface area contributed by atoms with Gasteiger partial charge in [-0.1, -0.05) is 13.8 Å². The number of hydrogen-bond donors (Lipinski definition) is 1. The maximum Gasteiger partial charge on any atom is 0.278 e. The summed E-state index contributed by atoms with van der Waals surface area (Å²) in [5.41, 5.74) is 1.19. The van der Waals surface area contributed by atoms with Crippen LogP contribution in [0.2, 0.25) is 0 Å². The van der Waals surface area contributed by atoms with E-state index in [0.29, 0.717) is 17.6 Å². The second-order valence-electron chi connectivity index (χ2n) is 6.83. The van der Waals surface area contributed by atoms with Crippen molar-refractivity contribution in [3.8, 4) is 0 Å². The van der Waals surface area contributed by atoms with E-state index < -0.39 is 0 Å². The van der Waals surface area contributed by atoms with E-state index in [1.807, 2.05) is 31.5 Å². The summed E-state index contributed by atoms with van der Waals surface area (Å²) in [6.07, 6.45) is 3.47. The molecular weight excluding hydrogens is 306 g/mol. The van der Waals surface area contributed by atoms with Crippen LogP contribution in [0.3, 0.4) is 0 Å². The molecule has 130 valence electrons. The van der Waals surface area contributed by atoms with Crippen LogP contribution in [0.1, 0.15) is 60.7 Å². The van der Waals surface area contributed by atoms with Gasteiger partial charge in [-0.2, -0.15) is 5.10 Å². The van der Waals surface area contributed by atoms with E-state index in [1.165, 1.54) is 6.26 Å². The lowest BCUT2D eigenvalue weighted by Crippen LogP contribution is -2.32. The molecule has 0 spiro atoms. The van der Waals surface area contributed by atoms with Gasteiger partial charge < -0.3 is 14.6 Å². The third-order valence-corrected chi connectivity index (χ3v) is 4.38. The van der Waals surface area contributed by atoms with E-state index in [-0.39, 0.29) is 11.8 Å². The van der Waals surface area contributed by atoms with Crippen molar-refractivity contribution >= 4 is 11.7 Å². The number of aromatic nitrogens is 3. The average Bonchev–Trinajstić information content (AvgIpc) is 3.15. The molecule has 2 aromatic heterocycles. The van der Waals surface area contributed by atoms with Crippen molar-refractivity contribution < 1.29 is 9.21 Å². The summed E-state index contributed by atoms with van der Waals surface area (Å²) in [7, 11) is 2.13. The van der Waals surface area contributed by atoms with Gasteiger partial charge in [0.2, 0.25) is 0 Å². The molecule has 2 aromatic rings. The fourth-order valence-electron chi connectivity index (χ4n) is 2.97. The number of anilines is 1. The van der Waals surface area contributed by atoms with Crippen LogP contribution in [-0.4, -0.2) is 45.7 Å². The molecule has 7 nitrogen and oxygen atoms in total. The molecule has 0 radical (unpaired) electrons. The van der Waals surface area contributed by atoms with Gasteiger partial charge in [0, 0.05) is 12.0 Å². The first-order chi connectivity index (χ1) is 11.4. The first-order valence-corrected chi connectivity index (χ1v) is 8.45. The minimum absolute atomic E-state index is 0.151. The van der Waals surface area contributed by atoms with Crippen molar-refractivity contribution in [3.63, 3.8) is 0 Å². The molecule has 1 saturated heterocycles. The number of likely N-dealkylation sites (tertiary alicyclic amines) is 1. The molecule has 0 unspecified atom stereocenters. The number of carbonyl (C=O) groups excluding carboxylic acids is 1. The van der Waals surface area contributed by atoms with E-state index in [4.69, 9.17) is 4.42 Å². The van der Waals surface area contributed by atoms with E-state index in [9.17, 15) is 4.79 Å². The van der Waals surface area contributed by atoms with Crippen molar-refractivity contribution in [1.29, 1.82) is 0 Å². The van der Waals surface area contributed by atoms with Crippen LogP contribution < -0.4 is 5.32 Å². The van der Waals surface area contributed by atoms with E-state index in [0.717, 1.165) is 37.4 Å². The zero-order valence-corrected chi connectivity index (χ0v) is 14.7. The molecule has 1 fully saturated rings. The summed E-state index contributed by atoms with van der Waals surface area (Å²) < 4.78 is 7.30. The van der Waals surface area contributed by atoms with E-state index in [1.54, 1.807) is 0 Å². The van der Waals surface area contributed by atoms with Gasteiger partial charge in [-0.25, -0.2) is 9.67 Å². The Bertz CT molecular complexity index is 710. The molecule has 1 N–H and O–H groups in total. The first kappa shape index (κ1) is 16.7. The van der Waals surface area contributed by atoms with Crippen LogP contribution in [-0.2, 0) is 0 Å². The van der Waals surface area contributed by atoms with Crippen LogP contribution >= 0.6 is 0 Å². The van der Waals surface area contributed by atoms with Gasteiger partial charge in [0.05, 0.1) is 11.7 Å². The number of piperidine rings is 1. The number of carbonyl (C=O) groups is 1. The number of amides is 1. The maximum atomic E-state index is 12.5. The molecule has 0 aromatic carbocycles. The summed E-state index contributed by atoms with van der Waals surface area (Å²) in [6.45, 7) is 7.97. The predicted molar refractivity (Wildman–Crippen MR) is 91.3 cm³/mol. The van der Waals surface area contributed by atoms with Gasteiger partial charge in [0.15, 0.2) is 11.6 Å². The zero-order chi connectivity index (χ0) is 17.3. The highest BCUT2D eigenvalue weighted by Crippen LogP contribution is 2.26. The van der Waals surface area contributed by atoms with E-state index in [2.05, 4.69) is 27.3 Å². The van der Waals surface area contributed by atoms with Crippen molar-refractivity contribution in [2.24, 2.45) is 0 Å². The Morgan fingerprint density at radius 3 is 2.71 bits per heavy atom. The fraction of sp³-hybridized carbons (Fsp3) is 0.588. The normalized spacial score (nSPS) is 16.7.